The number of unbranched alkanes of at least 4 members (excludes halogenated alkanes) is 49. The van der Waals surface area contributed by atoms with E-state index in [4.69, 9.17) is 0 Å². The molecule has 0 unspecified atom stereocenters. The molecule has 2 aromatic rings. The zero-order valence-electron chi connectivity index (χ0n) is 60.0. The van der Waals surface area contributed by atoms with Crippen LogP contribution in [0.15, 0.2) is 60.2 Å². The van der Waals surface area contributed by atoms with E-state index in [0.29, 0.717) is 0 Å². The number of benzene rings is 2. The molecule has 0 atom stereocenters. The van der Waals surface area contributed by atoms with Gasteiger partial charge < -0.3 is 19.4 Å². The summed E-state index contributed by atoms with van der Waals surface area (Å²) in [5.41, 5.74) is 20.0. The molecule has 0 aliphatic carbocycles. The third kappa shape index (κ3) is 51.3. The van der Waals surface area contributed by atoms with Gasteiger partial charge in [-0.25, -0.2) is 4.70 Å². The van der Waals surface area contributed by atoms with E-state index < -0.39 is 0 Å². The van der Waals surface area contributed by atoms with E-state index >= 15 is 0 Å². The van der Waals surface area contributed by atoms with Gasteiger partial charge in [-0.05, 0) is 61.8 Å². The topological polar surface area (TPSA) is 25.3 Å². The molecule has 0 aromatic heterocycles. The second kappa shape index (κ2) is 69.5. The largest absolute Gasteiger partial charge is 2.00 e. The Bertz CT molecular complexity index is 2010. The molecule has 510 valence electrons. The maximum atomic E-state index is 12.1. The molecular weight excluding hydrogens is 1120 g/mol. The van der Waals surface area contributed by atoms with E-state index in [2.05, 4.69) is 127 Å². The summed E-state index contributed by atoms with van der Waals surface area (Å²) in [5, 5.41) is 0. The molecule has 0 saturated heterocycles. The third-order valence-electron chi connectivity index (χ3n) is 18.2. The van der Waals surface area contributed by atoms with Crippen molar-refractivity contribution in [1.29, 1.82) is 0 Å². The number of allylic oxidation sites excluding steroid dienone is 2. The van der Waals surface area contributed by atoms with Gasteiger partial charge in [0, 0.05) is 48.5 Å². The summed E-state index contributed by atoms with van der Waals surface area (Å²) in [7, 11) is 0. The Morgan fingerprint density at radius 3 is 0.888 bits per heavy atom. The van der Waals surface area contributed by atoms with Gasteiger partial charge in [-0.3, -0.25) is 0 Å². The van der Waals surface area contributed by atoms with Gasteiger partial charge in [-0.15, -0.1) is 23.7 Å². The van der Waals surface area contributed by atoms with Crippen LogP contribution in [0.1, 0.15) is 423 Å². The van der Waals surface area contributed by atoms with Gasteiger partial charge in [-0.1, -0.05) is 373 Å². The molecule has 3 heteroatoms. The average Bonchev–Trinajstić information content (AvgIpc) is 1.74. The third-order valence-corrected chi connectivity index (χ3v) is 18.2. The normalized spacial score (nSPS) is 11.7. The first-order valence-corrected chi connectivity index (χ1v) is 39.1. The number of aryl methyl sites for hydroxylation is 2. The van der Waals surface area contributed by atoms with Crippen molar-refractivity contribution in [3.8, 4) is 23.7 Å². The second-order valence-electron chi connectivity index (χ2n) is 26.6. The summed E-state index contributed by atoms with van der Waals surface area (Å²) in [6.45, 7) is 19.0. The molecule has 0 spiro atoms. The van der Waals surface area contributed by atoms with E-state index in [9.17, 15) is 5.53 Å². The predicted molar refractivity (Wildman–Crippen MR) is 397 cm³/mol. The van der Waals surface area contributed by atoms with Crippen LogP contribution in [0.3, 0.4) is 0 Å². The van der Waals surface area contributed by atoms with Crippen molar-refractivity contribution in [3.05, 3.63) is 102 Å². The molecule has 89 heavy (non-hydrogen) atoms. The van der Waals surface area contributed by atoms with E-state index in [-0.39, 0.29) is 16.5 Å². The fourth-order valence-corrected chi connectivity index (χ4v) is 12.5. The zero-order chi connectivity index (χ0) is 63.5. The fourth-order valence-electron chi connectivity index (χ4n) is 12.5. The molecule has 0 radical (unpaired) electrons. The molecule has 0 amide bonds. The van der Waals surface area contributed by atoms with Crippen molar-refractivity contribution in [3.63, 3.8) is 0 Å². The molecular formula is C86H146N2Ni. The molecule has 1 heterocycles. The van der Waals surface area contributed by atoms with Crippen molar-refractivity contribution >= 4 is 11.4 Å². The Balaban J connectivity index is 0.00000351. The molecule has 2 aromatic carbocycles. The van der Waals surface area contributed by atoms with Crippen molar-refractivity contribution in [2.24, 2.45) is 0 Å². The van der Waals surface area contributed by atoms with Crippen molar-refractivity contribution in [2.75, 3.05) is 0 Å². The van der Waals surface area contributed by atoms with Crippen LogP contribution >= 0.6 is 0 Å². The summed E-state index contributed by atoms with van der Waals surface area (Å²) in [5.74, 6) is 14.0. The Kier molecular flexibility index (Phi) is 67.2. The van der Waals surface area contributed by atoms with E-state index in [1.165, 1.54) is 336 Å². The van der Waals surface area contributed by atoms with Crippen LogP contribution in [0.4, 0.5) is 0 Å². The predicted octanol–water partition coefficient (Wildman–Crippen LogP) is 29.6. The Morgan fingerprint density at radius 2 is 0.562 bits per heavy atom. The average molecular weight is 1270 g/mol. The number of nitrogens with zero attached hydrogens (tertiary/aromatic N) is 2. The van der Waals surface area contributed by atoms with Crippen LogP contribution in [0, 0.1) is 37.5 Å². The molecule has 0 bridgehead atoms. The molecule has 1 aliphatic heterocycles. The van der Waals surface area contributed by atoms with Gasteiger partial charge in [-0.2, -0.15) is 12.8 Å². The molecule has 0 N–H and O–H groups in total. The smallest absolute Gasteiger partial charge is 0.493 e. The number of hydrogen-bond donors (Lipinski definition) is 0. The van der Waals surface area contributed by atoms with Crippen LogP contribution in [0.5, 0.6) is 0 Å². The van der Waals surface area contributed by atoms with Crippen LogP contribution in [-0.4, -0.2) is 4.70 Å². The SMILES string of the molecule is CCCCCCCCCCCCCCCCCCCC#CCCc1ccccc1C1=CC(CCCCCC)=C(c2ccccc2CCC#CCCCCCCCCCCCCCCCCCCC)[N+]1=[N-].[CH2-]CCCCCCCC.[CH2-]CCCCCCCC.[Ni+2]. The maximum Gasteiger partial charge on any atom is 2.00 e. The summed E-state index contributed by atoms with van der Waals surface area (Å²) < 4.78 is 1.51. The second-order valence-corrected chi connectivity index (χ2v) is 26.6. The molecule has 3 rings (SSSR count). The number of hydrogen-bond acceptors (Lipinski definition) is 0. The minimum atomic E-state index is 0. The zero-order valence-corrected chi connectivity index (χ0v) is 61.0. The monoisotopic (exact) mass is 1270 g/mol. The van der Waals surface area contributed by atoms with Gasteiger partial charge in [0.2, 0.25) is 11.4 Å². The minimum absolute atomic E-state index is 0. The maximum absolute atomic E-state index is 12.1. The summed E-state index contributed by atoms with van der Waals surface area (Å²) in [4.78, 5) is 0. The van der Waals surface area contributed by atoms with Crippen molar-refractivity contribution < 1.29 is 21.2 Å². The first kappa shape index (κ1) is 86.1. The van der Waals surface area contributed by atoms with Gasteiger partial charge in [0.1, 0.15) is 0 Å². The Hall–Kier alpha value is -2.87. The standard InChI is InChI=1S/C68H108N2.2C9H19.Ni/c1-4-7-10-13-15-17-19-21-23-25-27-29-31-33-35-37-39-41-43-45-48-54-62-56-50-52-59-65(62)67-61-64(58-47-12-9-6-3)68(70(67)69)66-60-53-51-57-63(66)55-49-46-44-42-40-38-36-34-32-30-28-26-24-22-20-18-16-14-11-8-5-2;2*1-3-5-7-9-8-6-4-2;/h50-53,56-57,59-61H,4-42,47-49,54-55,58H2,1-3H3;2*1,3-9H2,2H3;/q;2*-1;+2. The van der Waals surface area contributed by atoms with E-state index in [1.807, 2.05) is 0 Å². The van der Waals surface area contributed by atoms with Crippen LogP contribution in [-0.2, 0) is 29.3 Å². The molecule has 0 saturated carbocycles. The van der Waals surface area contributed by atoms with Gasteiger partial charge in [0.25, 0.3) is 0 Å². The van der Waals surface area contributed by atoms with Gasteiger partial charge in [0.05, 0.1) is 0 Å². The summed E-state index contributed by atoms with van der Waals surface area (Å²) >= 11 is 0. The van der Waals surface area contributed by atoms with Crippen LogP contribution in [0.2, 0.25) is 0 Å². The minimum Gasteiger partial charge on any atom is -0.493 e. The van der Waals surface area contributed by atoms with Crippen LogP contribution < -0.4 is 0 Å². The van der Waals surface area contributed by atoms with E-state index in [0.717, 1.165) is 86.7 Å². The number of rotatable bonds is 57. The first-order valence-electron chi connectivity index (χ1n) is 39.1. The van der Waals surface area contributed by atoms with Crippen molar-refractivity contribution in [1.82, 2.24) is 0 Å². The summed E-state index contributed by atoms with van der Waals surface area (Å²) in [6.07, 6.45) is 80.2. The fraction of sp³-hybridized carbons (Fsp3) is 0.744. The molecule has 0 fully saturated rings. The Labute approximate surface area is 568 Å². The first-order chi connectivity index (χ1) is 43.5. The quantitative estimate of drug-likeness (QED) is 0.0207. The van der Waals surface area contributed by atoms with E-state index in [1.54, 1.807) is 0 Å². The Morgan fingerprint density at radius 1 is 0.303 bits per heavy atom. The van der Waals surface area contributed by atoms with Gasteiger partial charge >= 0.3 is 16.5 Å². The van der Waals surface area contributed by atoms with Crippen LogP contribution in [0.25, 0.3) is 16.9 Å². The van der Waals surface area contributed by atoms with Crippen molar-refractivity contribution in [2.45, 2.75) is 413 Å². The molecule has 1 aliphatic rings. The summed E-state index contributed by atoms with van der Waals surface area (Å²) in [6, 6.07) is 17.4. The van der Waals surface area contributed by atoms with Gasteiger partial charge in [0.15, 0.2) is 0 Å². The molecule has 2 nitrogen and oxygen atoms in total.